The Bertz CT molecular complexity index is 261. The molecular formula is C12H23N3O. The monoisotopic (exact) mass is 225 g/mol. The van der Waals surface area contributed by atoms with Crippen molar-refractivity contribution in [2.24, 2.45) is 5.41 Å². The minimum absolute atomic E-state index is 0.287. The highest BCUT2D eigenvalue weighted by Gasteiger charge is 2.45. The molecule has 4 nitrogen and oxygen atoms in total. The van der Waals surface area contributed by atoms with Crippen molar-refractivity contribution in [2.75, 3.05) is 53.9 Å². The molecule has 0 aromatic rings. The van der Waals surface area contributed by atoms with Gasteiger partial charge in [0.2, 0.25) is 5.91 Å². The molecule has 16 heavy (non-hydrogen) atoms. The van der Waals surface area contributed by atoms with Crippen molar-refractivity contribution in [2.45, 2.75) is 12.8 Å². The van der Waals surface area contributed by atoms with Gasteiger partial charge in [0.15, 0.2) is 0 Å². The predicted molar refractivity (Wildman–Crippen MR) is 64.3 cm³/mol. The zero-order chi connectivity index (χ0) is 11.8. The molecule has 2 rings (SSSR count). The molecule has 1 amide bonds. The molecule has 0 saturated carbocycles. The fraction of sp³-hybridized carbons (Fsp3) is 0.917. The summed E-state index contributed by atoms with van der Waals surface area (Å²) in [4.78, 5) is 18.1. The molecule has 0 N–H and O–H groups in total. The first-order valence-corrected chi connectivity index (χ1v) is 6.12. The van der Waals surface area contributed by atoms with E-state index in [4.69, 9.17) is 0 Å². The zero-order valence-electron chi connectivity index (χ0n) is 10.7. The largest absolute Gasteiger partial charge is 0.340 e. The number of hydrogen-bond acceptors (Lipinski definition) is 3. The van der Waals surface area contributed by atoms with Crippen LogP contribution in [0.25, 0.3) is 0 Å². The quantitative estimate of drug-likeness (QED) is 0.667. The lowest BCUT2D eigenvalue weighted by Crippen LogP contribution is -2.62. The van der Waals surface area contributed by atoms with Crippen LogP contribution in [0.3, 0.4) is 0 Å². The van der Waals surface area contributed by atoms with Crippen molar-refractivity contribution in [3.05, 3.63) is 0 Å². The van der Waals surface area contributed by atoms with Gasteiger partial charge >= 0.3 is 0 Å². The molecule has 4 heteroatoms. The fourth-order valence-corrected chi connectivity index (χ4v) is 2.72. The Morgan fingerprint density at radius 2 is 1.81 bits per heavy atom. The van der Waals surface area contributed by atoms with Crippen LogP contribution in [0, 0.1) is 5.41 Å². The van der Waals surface area contributed by atoms with E-state index in [0.29, 0.717) is 12.0 Å². The summed E-state index contributed by atoms with van der Waals surface area (Å²) in [6.45, 7) is 4.92. The fourth-order valence-electron chi connectivity index (χ4n) is 2.72. The molecule has 2 fully saturated rings. The van der Waals surface area contributed by atoms with E-state index in [9.17, 15) is 4.79 Å². The van der Waals surface area contributed by atoms with Gasteiger partial charge in [0.05, 0.1) is 6.54 Å². The smallest absolute Gasteiger partial charge is 0.236 e. The van der Waals surface area contributed by atoms with Gasteiger partial charge in [-0.1, -0.05) is 0 Å². The van der Waals surface area contributed by atoms with E-state index in [2.05, 4.69) is 11.9 Å². The second-order valence-electron chi connectivity index (χ2n) is 5.79. The first kappa shape index (κ1) is 11.9. The van der Waals surface area contributed by atoms with Crippen molar-refractivity contribution < 1.29 is 4.79 Å². The molecule has 1 spiro atoms. The maximum atomic E-state index is 11.8. The molecule has 2 aliphatic rings. The second-order valence-corrected chi connectivity index (χ2v) is 5.79. The van der Waals surface area contributed by atoms with Crippen LogP contribution in [0.15, 0.2) is 0 Å². The molecule has 0 atom stereocenters. The Hall–Kier alpha value is -0.610. The summed E-state index contributed by atoms with van der Waals surface area (Å²) < 4.78 is 0. The standard InChI is InChI=1S/C12H23N3O/c1-13(2)8-11(16)15-9-12(10-15)4-6-14(3)7-5-12/h4-10H2,1-3H3. The van der Waals surface area contributed by atoms with E-state index < -0.39 is 0 Å². The Morgan fingerprint density at radius 3 is 2.31 bits per heavy atom. The Labute approximate surface area is 98.2 Å². The van der Waals surface area contributed by atoms with Crippen molar-refractivity contribution >= 4 is 5.91 Å². The lowest BCUT2D eigenvalue weighted by atomic mass is 9.72. The summed E-state index contributed by atoms with van der Waals surface area (Å²) in [5.41, 5.74) is 0.467. The van der Waals surface area contributed by atoms with Crippen molar-refractivity contribution in [3.8, 4) is 0 Å². The third kappa shape index (κ3) is 2.38. The van der Waals surface area contributed by atoms with Crippen LogP contribution >= 0.6 is 0 Å². The minimum atomic E-state index is 0.287. The van der Waals surface area contributed by atoms with Crippen LogP contribution in [-0.2, 0) is 4.79 Å². The molecule has 2 heterocycles. The van der Waals surface area contributed by atoms with Gasteiger partial charge in [0.25, 0.3) is 0 Å². The molecular weight excluding hydrogens is 202 g/mol. The highest BCUT2D eigenvalue weighted by Crippen LogP contribution is 2.39. The van der Waals surface area contributed by atoms with E-state index >= 15 is 0 Å². The molecule has 2 aliphatic heterocycles. The van der Waals surface area contributed by atoms with Crippen molar-refractivity contribution in [1.82, 2.24) is 14.7 Å². The normalized spacial score (nSPS) is 24.9. The van der Waals surface area contributed by atoms with Crippen LogP contribution in [-0.4, -0.2) is 74.5 Å². The Morgan fingerprint density at radius 1 is 1.25 bits per heavy atom. The van der Waals surface area contributed by atoms with Crippen LogP contribution < -0.4 is 0 Å². The molecule has 0 unspecified atom stereocenters. The third-order valence-corrected chi connectivity index (χ3v) is 3.90. The topological polar surface area (TPSA) is 26.8 Å². The summed E-state index contributed by atoms with van der Waals surface area (Å²) in [5, 5.41) is 0. The number of likely N-dealkylation sites (N-methyl/N-ethyl adjacent to an activating group) is 1. The highest BCUT2D eigenvalue weighted by atomic mass is 16.2. The van der Waals surface area contributed by atoms with E-state index in [1.165, 1.54) is 25.9 Å². The summed E-state index contributed by atoms with van der Waals surface area (Å²) in [7, 11) is 6.08. The average Bonchev–Trinajstić information content (AvgIpc) is 2.14. The van der Waals surface area contributed by atoms with Crippen LogP contribution in [0.2, 0.25) is 0 Å². The van der Waals surface area contributed by atoms with Gasteiger partial charge in [0, 0.05) is 18.5 Å². The molecule has 92 valence electrons. The molecule has 0 aliphatic carbocycles. The summed E-state index contributed by atoms with van der Waals surface area (Å²) in [6.07, 6.45) is 2.52. The van der Waals surface area contributed by atoms with Crippen LogP contribution in [0.5, 0.6) is 0 Å². The molecule has 0 bridgehead atoms. The number of carbonyl (C=O) groups excluding carboxylic acids is 1. The van der Waals surface area contributed by atoms with E-state index in [0.717, 1.165) is 13.1 Å². The lowest BCUT2D eigenvalue weighted by molar-refractivity contribution is -0.147. The number of rotatable bonds is 2. The third-order valence-electron chi connectivity index (χ3n) is 3.90. The van der Waals surface area contributed by atoms with Gasteiger partial charge in [-0.2, -0.15) is 0 Å². The number of nitrogens with zero attached hydrogens (tertiary/aromatic N) is 3. The number of amides is 1. The highest BCUT2D eigenvalue weighted by molar-refractivity contribution is 5.79. The molecule has 0 radical (unpaired) electrons. The predicted octanol–water partition coefficient (Wildman–Crippen LogP) is 0.102. The van der Waals surface area contributed by atoms with Crippen molar-refractivity contribution in [3.63, 3.8) is 0 Å². The van der Waals surface area contributed by atoms with E-state index in [1.807, 2.05) is 23.9 Å². The van der Waals surface area contributed by atoms with Crippen molar-refractivity contribution in [1.29, 1.82) is 0 Å². The van der Waals surface area contributed by atoms with Gasteiger partial charge in [-0.25, -0.2) is 0 Å². The van der Waals surface area contributed by atoms with Gasteiger partial charge in [-0.3, -0.25) is 4.79 Å². The first-order chi connectivity index (χ1) is 7.51. The summed E-state index contributed by atoms with van der Waals surface area (Å²) in [5.74, 6) is 0.287. The number of piperidine rings is 1. The Kier molecular flexibility index (Phi) is 3.22. The second kappa shape index (κ2) is 4.34. The number of likely N-dealkylation sites (tertiary alicyclic amines) is 2. The Balaban J connectivity index is 1.78. The molecule has 0 aromatic carbocycles. The van der Waals surface area contributed by atoms with Crippen LogP contribution in [0.4, 0.5) is 0 Å². The summed E-state index contributed by atoms with van der Waals surface area (Å²) in [6, 6.07) is 0. The van der Waals surface area contributed by atoms with E-state index in [1.54, 1.807) is 0 Å². The van der Waals surface area contributed by atoms with Gasteiger partial charge in [0.1, 0.15) is 0 Å². The maximum Gasteiger partial charge on any atom is 0.236 e. The average molecular weight is 225 g/mol. The van der Waals surface area contributed by atoms with Gasteiger partial charge in [-0.15, -0.1) is 0 Å². The van der Waals surface area contributed by atoms with Crippen LogP contribution in [0.1, 0.15) is 12.8 Å². The molecule has 2 saturated heterocycles. The van der Waals surface area contributed by atoms with Gasteiger partial charge in [-0.05, 0) is 47.1 Å². The van der Waals surface area contributed by atoms with E-state index in [-0.39, 0.29) is 5.91 Å². The SMILES string of the molecule is CN(C)CC(=O)N1CC2(CCN(C)CC2)C1. The number of hydrogen-bond donors (Lipinski definition) is 0. The lowest BCUT2D eigenvalue weighted by Gasteiger charge is -2.53. The maximum absolute atomic E-state index is 11.8. The van der Waals surface area contributed by atoms with Gasteiger partial charge < -0.3 is 14.7 Å². The minimum Gasteiger partial charge on any atom is -0.340 e. The first-order valence-electron chi connectivity index (χ1n) is 6.12. The molecule has 0 aromatic heterocycles. The summed E-state index contributed by atoms with van der Waals surface area (Å²) >= 11 is 0. The number of carbonyl (C=O) groups is 1. The zero-order valence-corrected chi connectivity index (χ0v) is 10.7.